The first kappa shape index (κ1) is 16.7. The zero-order chi connectivity index (χ0) is 17.9. The van der Waals surface area contributed by atoms with Gasteiger partial charge in [0.2, 0.25) is 0 Å². The average Bonchev–Trinajstić information content (AvgIpc) is 2.53. The Morgan fingerprint density at radius 1 is 0.833 bits per heavy atom. The van der Waals surface area contributed by atoms with Crippen LogP contribution in [0.25, 0.3) is 6.08 Å². The fourth-order valence-corrected chi connectivity index (χ4v) is 1.71. The van der Waals surface area contributed by atoms with Gasteiger partial charge in [-0.05, 0) is 35.9 Å². The lowest BCUT2D eigenvalue weighted by Gasteiger charge is -2.04. The van der Waals surface area contributed by atoms with Crippen LogP contribution in [-0.2, 0) is 9.53 Å². The first-order chi connectivity index (χ1) is 11.3. The summed E-state index contributed by atoms with van der Waals surface area (Å²) in [5.41, 5.74) is 0.0291. The largest absolute Gasteiger partial charge is 0.504 e. The van der Waals surface area contributed by atoms with Crippen LogP contribution in [0.4, 0.5) is 0 Å². The number of benzene rings is 2. The first-order valence-electron chi connectivity index (χ1n) is 6.49. The number of phenols is 5. The zero-order valence-corrected chi connectivity index (χ0v) is 12.0. The van der Waals surface area contributed by atoms with Gasteiger partial charge in [-0.3, -0.25) is 0 Å². The van der Waals surface area contributed by atoms with E-state index in [9.17, 15) is 30.0 Å². The van der Waals surface area contributed by atoms with Crippen LogP contribution in [0.3, 0.4) is 0 Å². The van der Waals surface area contributed by atoms with Crippen LogP contribution in [0, 0.1) is 0 Å². The zero-order valence-electron chi connectivity index (χ0n) is 12.0. The minimum atomic E-state index is -1.15. The molecule has 0 heterocycles. The van der Waals surface area contributed by atoms with E-state index in [0.717, 1.165) is 18.2 Å². The van der Waals surface area contributed by atoms with Gasteiger partial charge in [-0.1, -0.05) is 6.07 Å². The SMILES string of the molecule is O=C(/C=C/c1ccc(O)c(O)c1)OC(=O)c1cc(O)c(O)c(O)c1. The quantitative estimate of drug-likeness (QED) is 0.247. The van der Waals surface area contributed by atoms with Crippen molar-refractivity contribution in [2.75, 3.05) is 0 Å². The number of carbonyl (C=O) groups is 2. The van der Waals surface area contributed by atoms with E-state index in [2.05, 4.69) is 4.74 Å². The first-order valence-corrected chi connectivity index (χ1v) is 6.49. The molecule has 24 heavy (non-hydrogen) atoms. The van der Waals surface area contributed by atoms with Gasteiger partial charge >= 0.3 is 11.9 Å². The van der Waals surface area contributed by atoms with Gasteiger partial charge in [0.05, 0.1) is 5.56 Å². The molecule has 0 bridgehead atoms. The summed E-state index contributed by atoms with van der Waals surface area (Å²) in [6.07, 6.45) is 2.14. The molecule has 0 spiro atoms. The van der Waals surface area contributed by atoms with Crippen LogP contribution in [0.5, 0.6) is 28.7 Å². The molecule has 0 aromatic heterocycles. The van der Waals surface area contributed by atoms with E-state index in [1.54, 1.807) is 0 Å². The van der Waals surface area contributed by atoms with E-state index in [1.165, 1.54) is 24.3 Å². The third-order valence-corrected chi connectivity index (χ3v) is 2.91. The van der Waals surface area contributed by atoms with Crippen LogP contribution in [0.1, 0.15) is 15.9 Å². The highest BCUT2D eigenvalue weighted by Gasteiger charge is 2.16. The second kappa shape index (κ2) is 6.61. The minimum absolute atomic E-state index is 0.322. The fraction of sp³-hybridized carbons (Fsp3) is 0. The van der Waals surface area contributed by atoms with Crippen molar-refractivity contribution >= 4 is 18.0 Å². The van der Waals surface area contributed by atoms with Crippen molar-refractivity contribution in [3.8, 4) is 28.7 Å². The normalized spacial score (nSPS) is 10.7. The maximum atomic E-state index is 11.7. The van der Waals surface area contributed by atoms with Crippen molar-refractivity contribution in [1.29, 1.82) is 0 Å². The van der Waals surface area contributed by atoms with Gasteiger partial charge < -0.3 is 30.3 Å². The van der Waals surface area contributed by atoms with Crippen LogP contribution >= 0.6 is 0 Å². The molecule has 2 aromatic carbocycles. The second-order valence-corrected chi connectivity index (χ2v) is 4.65. The summed E-state index contributed by atoms with van der Waals surface area (Å²) in [7, 11) is 0. The summed E-state index contributed by atoms with van der Waals surface area (Å²) in [5, 5.41) is 46.3. The van der Waals surface area contributed by atoms with E-state index in [4.69, 9.17) is 5.11 Å². The maximum Gasteiger partial charge on any atom is 0.346 e. The number of esters is 2. The Hall–Kier alpha value is -3.68. The molecule has 8 nitrogen and oxygen atoms in total. The molecule has 0 aliphatic carbocycles. The van der Waals surface area contributed by atoms with Gasteiger partial charge in [-0.2, -0.15) is 0 Å². The molecule has 0 atom stereocenters. The Bertz CT molecular complexity index is 815. The molecule has 5 N–H and O–H groups in total. The molecule has 2 aromatic rings. The summed E-state index contributed by atoms with van der Waals surface area (Å²) in [4.78, 5) is 23.3. The lowest BCUT2D eigenvalue weighted by Crippen LogP contribution is -2.10. The van der Waals surface area contributed by atoms with Crippen molar-refractivity contribution in [3.05, 3.63) is 47.5 Å². The fourth-order valence-electron chi connectivity index (χ4n) is 1.71. The highest BCUT2D eigenvalue weighted by molar-refractivity contribution is 6.01. The smallest absolute Gasteiger partial charge is 0.346 e. The Balaban J connectivity index is 2.07. The minimum Gasteiger partial charge on any atom is -0.504 e. The van der Waals surface area contributed by atoms with Crippen molar-refractivity contribution in [2.45, 2.75) is 0 Å². The Kier molecular flexibility index (Phi) is 4.60. The number of hydrogen-bond acceptors (Lipinski definition) is 8. The molecular weight excluding hydrogens is 320 g/mol. The number of aromatic hydroxyl groups is 5. The summed E-state index contributed by atoms with van der Waals surface area (Å²) in [6, 6.07) is 5.47. The van der Waals surface area contributed by atoms with Crippen molar-refractivity contribution in [1.82, 2.24) is 0 Å². The molecule has 0 aliphatic heterocycles. The van der Waals surface area contributed by atoms with Crippen LogP contribution in [-0.4, -0.2) is 37.5 Å². The van der Waals surface area contributed by atoms with Crippen molar-refractivity contribution in [3.63, 3.8) is 0 Å². The van der Waals surface area contributed by atoms with E-state index >= 15 is 0 Å². The van der Waals surface area contributed by atoms with E-state index in [1.807, 2.05) is 0 Å². The number of carbonyl (C=O) groups excluding carboxylic acids is 2. The molecule has 0 fully saturated rings. The predicted molar refractivity (Wildman–Crippen MR) is 80.7 cm³/mol. The summed E-state index contributed by atoms with van der Waals surface area (Å²) >= 11 is 0. The number of phenolic OH excluding ortho intramolecular Hbond substituents is 5. The molecule has 0 unspecified atom stereocenters. The van der Waals surface area contributed by atoms with Gasteiger partial charge in [0.15, 0.2) is 28.7 Å². The average molecular weight is 332 g/mol. The third-order valence-electron chi connectivity index (χ3n) is 2.91. The third kappa shape index (κ3) is 3.74. The highest BCUT2D eigenvalue weighted by Crippen LogP contribution is 2.35. The summed E-state index contributed by atoms with van der Waals surface area (Å²) in [6.45, 7) is 0. The summed E-state index contributed by atoms with van der Waals surface area (Å²) < 4.78 is 4.48. The lowest BCUT2D eigenvalue weighted by molar-refractivity contribution is -0.132. The molecule has 0 radical (unpaired) electrons. The molecule has 0 aliphatic rings. The predicted octanol–water partition coefficient (Wildman–Crippen LogP) is 1.61. The lowest BCUT2D eigenvalue weighted by atomic mass is 10.2. The molecule has 2 rings (SSSR count). The highest BCUT2D eigenvalue weighted by atomic mass is 16.6. The Labute approximate surface area is 135 Å². The topological polar surface area (TPSA) is 145 Å². The molecular formula is C16H12O8. The van der Waals surface area contributed by atoms with Gasteiger partial charge in [0.1, 0.15) is 0 Å². The number of rotatable bonds is 3. The second-order valence-electron chi connectivity index (χ2n) is 4.65. The Morgan fingerprint density at radius 3 is 2.04 bits per heavy atom. The van der Waals surface area contributed by atoms with Crippen LogP contribution in [0.2, 0.25) is 0 Å². The molecule has 0 saturated heterocycles. The number of ether oxygens (including phenoxy) is 1. The molecule has 0 amide bonds. The van der Waals surface area contributed by atoms with Gasteiger partial charge in [0.25, 0.3) is 0 Å². The summed E-state index contributed by atoms with van der Waals surface area (Å²) in [5.74, 6) is -5.18. The van der Waals surface area contributed by atoms with Crippen LogP contribution < -0.4 is 0 Å². The van der Waals surface area contributed by atoms with Gasteiger partial charge in [-0.15, -0.1) is 0 Å². The van der Waals surface area contributed by atoms with Crippen molar-refractivity contribution in [2.24, 2.45) is 0 Å². The standard InChI is InChI=1S/C16H12O8/c17-10-3-1-8(5-11(10)18)2-4-14(21)24-16(23)9-6-12(19)15(22)13(20)7-9/h1-7,17-20,22H/b4-2+. The van der Waals surface area contributed by atoms with E-state index in [-0.39, 0.29) is 17.1 Å². The number of hydrogen-bond donors (Lipinski definition) is 5. The monoisotopic (exact) mass is 332 g/mol. The van der Waals surface area contributed by atoms with E-state index < -0.39 is 29.2 Å². The van der Waals surface area contributed by atoms with Crippen molar-refractivity contribution < 1.29 is 39.9 Å². The van der Waals surface area contributed by atoms with Gasteiger partial charge in [-0.25, -0.2) is 9.59 Å². The molecule has 0 saturated carbocycles. The molecule has 124 valence electrons. The maximum absolute atomic E-state index is 11.7. The molecule has 8 heteroatoms. The van der Waals surface area contributed by atoms with Crippen LogP contribution in [0.15, 0.2) is 36.4 Å². The Morgan fingerprint density at radius 2 is 1.46 bits per heavy atom. The van der Waals surface area contributed by atoms with E-state index in [0.29, 0.717) is 5.56 Å². The van der Waals surface area contributed by atoms with Gasteiger partial charge in [0, 0.05) is 6.08 Å².